The van der Waals surface area contributed by atoms with Gasteiger partial charge in [0.05, 0.1) is 17.1 Å². The summed E-state index contributed by atoms with van der Waals surface area (Å²) in [5, 5.41) is 0.704. The third-order valence-electron chi connectivity index (χ3n) is 6.32. The van der Waals surface area contributed by atoms with Crippen molar-refractivity contribution in [2.24, 2.45) is 5.92 Å². The number of carbonyl (C=O) groups is 1. The van der Waals surface area contributed by atoms with E-state index in [1.54, 1.807) is 0 Å². The van der Waals surface area contributed by atoms with E-state index < -0.39 is 0 Å². The highest BCUT2D eigenvalue weighted by Crippen LogP contribution is 2.38. The number of carbonyl (C=O) groups excluding carboxylic acids is 1. The van der Waals surface area contributed by atoms with Crippen LogP contribution in [0.2, 0.25) is 5.02 Å². The minimum Gasteiger partial charge on any atom is -0.340 e. The first-order valence-electron chi connectivity index (χ1n) is 10.6. The van der Waals surface area contributed by atoms with Crippen molar-refractivity contribution >= 4 is 28.5 Å². The van der Waals surface area contributed by atoms with Crippen molar-refractivity contribution in [3.8, 4) is 11.1 Å². The molecule has 2 heterocycles. The zero-order valence-corrected chi connectivity index (χ0v) is 18.4. The fraction of sp³-hybridized carbons (Fsp3) is 0.231. The molecule has 0 spiro atoms. The van der Waals surface area contributed by atoms with E-state index in [-0.39, 0.29) is 11.9 Å². The van der Waals surface area contributed by atoms with Crippen molar-refractivity contribution in [2.45, 2.75) is 26.3 Å². The Hall–Kier alpha value is -3.11. The maximum absolute atomic E-state index is 13.6. The number of rotatable bonds is 3. The fourth-order valence-corrected chi connectivity index (χ4v) is 4.72. The van der Waals surface area contributed by atoms with Gasteiger partial charge in [-0.05, 0) is 60.2 Å². The molecule has 0 aliphatic carbocycles. The first-order valence-corrected chi connectivity index (χ1v) is 11.0. The molecule has 1 aromatic heterocycles. The topological polar surface area (TPSA) is 49.0 Å². The minimum atomic E-state index is -0.0848. The highest BCUT2D eigenvalue weighted by molar-refractivity contribution is 6.32. The van der Waals surface area contributed by atoms with Gasteiger partial charge >= 0.3 is 0 Å². The van der Waals surface area contributed by atoms with Crippen molar-refractivity contribution in [1.82, 2.24) is 14.9 Å². The van der Waals surface area contributed by atoms with E-state index in [4.69, 9.17) is 16.6 Å². The quantitative estimate of drug-likeness (QED) is 0.408. The first kappa shape index (κ1) is 19.8. The molecule has 31 heavy (non-hydrogen) atoms. The van der Waals surface area contributed by atoms with E-state index in [9.17, 15) is 4.79 Å². The number of aryl methyl sites for hydroxylation is 1. The number of hydrogen-bond acceptors (Lipinski definition) is 2. The molecule has 3 aromatic carbocycles. The standard InChI is InChI=1S/C26H24ClN3O/c1-16-13-14-30(24(16)25-28-22-12-11-21(27)17(2)23(22)29-25)26(31)20-10-6-9-19(15-20)18-7-4-3-5-8-18/h3-12,15-16,24H,13-14H2,1-2H3,(H,28,29)/t16-,24-/m0/s1. The predicted octanol–water partition coefficient (Wildman–Crippen LogP) is 6.42. The number of likely N-dealkylation sites (tertiary alicyclic amines) is 1. The second kappa shape index (κ2) is 7.86. The summed E-state index contributed by atoms with van der Waals surface area (Å²) >= 11 is 6.29. The zero-order chi connectivity index (χ0) is 21.5. The van der Waals surface area contributed by atoms with Crippen molar-refractivity contribution in [1.29, 1.82) is 0 Å². The summed E-state index contributed by atoms with van der Waals surface area (Å²) in [7, 11) is 0. The van der Waals surface area contributed by atoms with Gasteiger partial charge in [0, 0.05) is 17.1 Å². The van der Waals surface area contributed by atoms with Crippen LogP contribution in [0, 0.1) is 12.8 Å². The lowest BCUT2D eigenvalue weighted by Gasteiger charge is -2.25. The maximum atomic E-state index is 13.6. The Kier molecular flexibility index (Phi) is 5.03. The summed E-state index contributed by atoms with van der Waals surface area (Å²) in [6, 6.07) is 21.8. The molecule has 1 fully saturated rings. The van der Waals surface area contributed by atoms with Crippen LogP contribution >= 0.6 is 11.6 Å². The normalized spacial score (nSPS) is 18.6. The average Bonchev–Trinajstić information content (AvgIpc) is 3.40. The fourth-order valence-electron chi connectivity index (χ4n) is 4.57. The predicted molar refractivity (Wildman–Crippen MR) is 125 cm³/mol. The van der Waals surface area contributed by atoms with Gasteiger partial charge < -0.3 is 9.88 Å². The van der Waals surface area contributed by atoms with E-state index in [1.807, 2.05) is 66.4 Å². The number of amides is 1. The molecule has 1 aliphatic heterocycles. The Morgan fingerprint density at radius 3 is 2.65 bits per heavy atom. The Morgan fingerprint density at radius 1 is 1.06 bits per heavy atom. The van der Waals surface area contributed by atoms with Gasteiger partial charge in [-0.25, -0.2) is 4.98 Å². The zero-order valence-electron chi connectivity index (χ0n) is 17.6. The van der Waals surface area contributed by atoms with Crippen LogP contribution in [0.4, 0.5) is 0 Å². The molecule has 156 valence electrons. The monoisotopic (exact) mass is 429 g/mol. The molecule has 2 atom stereocenters. The summed E-state index contributed by atoms with van der Waals surface area (Å²) in [5.41, 5.74) is 5.64. The number of H-pyrrole nitrogens is 1. The van der Waals surface area contributed by atoms with Gasteiger partial charge in [0.1, 0.15) is 5.82 Å². The molecule has 1 N–H and O–H groups in total. The number of fused-ring (bicyclic) bond motifs is 1. The van der Waals surface area contributed by atoms with E-state index >= 15 is 0 Å². The minimum absolute atomic E-state index is 0.0438. The number of aromatic amines is 1. The molecule has 5 heteroatoms. The van der Waals surface area contributed by atoms with Crippen LogP contribution in [0.15, 0.2) is 66.7 Å². The van der Waals surface area contributed by atoms with Crippen LogP contribution in [0.3, 0.4) is 0 Å². The smallest absolute Gasteiger partial charge is 0.254 e. The Bertz CT molecular complexity index is 1260. The van der Waals surface area contributed by atoms with E-state index in [0.29, 0.717) is 16.5 Å². The molecule has 0 bridgehead atoms. The van der Waals surface area contributed by atoms with Gasteiger partial charge in [-0.3, -0.25) is 4.79 Å². The molecular weight excluding hydrogens is 406 g/mol. The summed E-state index contributed by atoms with van der Waals surface area (Å²) in [5.74, 6) is 1.19. The van der Waals surface area contributed by atoms with E-state index in [2.05, 4.69) is 24.0 Å². The van der Waals surface area contributed by atoms with Gasteiger partial charge in [-0.2, -0.15) is 0 Å². The Morgan fingerprint density at radius 2 is 1.84 bits per heavy atom. The Labute approximate surface area is 186 Å². The third kappa shape index (κ3) is 3.51. The number of nitrogens with zero attached hydrogens (tertiary/aromatic N) is 2. The molecule has 1 aliphatic rings. The number of aromatic nitrogens is 2. The van der Waals surface area contributed by atoms with Crippen LogP contribution in [0.5, 0.6) is 0 Å². The second-order valence-corrected chi connectivity index (χ2v) is 8.75. The first-order chi connectivity index (χ1) is 15.0. The van der Waals surface area contributed by atoms with Crippen molar-refractivity contribution in [2.75, 3.05) is 6.54 Å². The lowest BCUT2D eigenvalue weighted by atomic mass is 10.0. The molecule has 1 amide bonds. The lowest BCUT2D eigenvalue weighted by Crippen LogP contribution is -2.32. The highest BCUT2D eigenvalue weighted by Gasteiger charge is 2.38. The number of imidazole rings is 1. The van der Waals surface area contributed by atoms with Crippen LogP contribution < -0.4 is 0 Å². The third-order valence-corrected chi connectivity index (χ3v) is 6.73. The van der Waals surface area contributed by atoms with Gasteiger partial charge in [0.25, 0.3) is 5.91 Å². The summed E-state index contributed by atoms with van der Waals surface area (Å²) in [4.78, 5) is 23.8. The van der Waals surface area contributed by atoms with Crippen molar-refractivity contribution in [3.05, 3.63) is 88.7 Å². The SMILES string of the molecule is Cc1c(Cl)ccc2[nH]c([C@@H]3[C@@H](C)CCN3C(=O)c3cccc(-c4ccccc4)c3)nc12. The van der Waals surface area contributed by atoms with E-state index in [1.165, 1.54) is 0 Å². The molecule has 5 rings (SSSR count). The maximum Gasteiger partial charge on any atom is 0.254 e. The molecule has 4 aromatic rings. The molecule has 0 radical (unpaired) electrons. The average molecular weight is 430 g/mol. The summed E-state index contributed by atoms with van der Waals surface area (Å²) in [6.07, 6.45) is 0.950. The van der Waals surface area contributed by atoms with Crippen LogP contribution in [-0.2, 0) is 0 Å². The molecule has 1 saturated heterocycles. The molecule has 4 nitrogen and oxygen atoms in total. The van der Waals surface area contributed by atoms with Gasteiger partial charge in [0.2, 0.25) is 0 Å². The number of nitrogens with one attached hydrogen (secondary N) is 1. The van der Waals surface area contributed by atoms with Crippen molar-refractivity contribution < 1.29 is 4.79 Å². The Balaban J connectivity index is 1.50. The number of halogens is 1. The van der Waals surface area contributed by atoms with Crippen LogP contribution in [0.1, 0.15) is 41.1 Å². The number of hydrogen-bond donors (Lipinski definition) is 1. The van der Waals surface area contributed by atoms with Gasteiger partial charge in [0.15, 0.2) is 0 Å². The van der Waals surface area contributed by atoms with E-state index in [0.717, 1.165) is 46.5 Å². The molecule has 0 unspecified atom stereocenters. The lowest BCUT2D eigenvalue weighted by molar-refractivity contribution is 0.0714. The van der Waals surface area contributed by atoms with Gasteiger partial charge in [-0.1, -0.05) is 61.0 Å². The van der Waals surface area contributed by atoms with Gasteiger partial charge in [-0.15, -0.1) is 0 Å². The largest absolute Gasteiger partial charge is 0.340 e. The van der Waals surface area contributed by atoms with Crippen molar-refractivity contribution in [3.63, 3.8) is 0 Å². The summed E-state index contributed by atoms with van der Waals surface area (Å²) in [6.45, 7) is 4.88. The summed E-state index contributed by atoms with van der Waals surface area (Å²) < 4.78 is 0. The second-order valence-electron chi connectivity index (χ2n) is 8.35. The molecule has 0 saturated carbocycles. The highest BCUT2D eigenvalue weighted by atomic mass is 35.5. The van der Waals surface area contributed by atoms with Crippen LogP contribution in [0.25, 0.3) is 22.2 Å². The van der Waals surface area contributed by atoms with Crippen LogP contribution in [-0.4, -0.2) is 27.3 Å². The number of benzene rings is 3. The molecular formula is C26H24ClN3O.